The monoisotopic (exact) mass is 403 g/mol. The van der Waals surface area contributed by atoms with Crippen molar-refractivity contribution in [3.05, 3.63) is 38.1 Å². The molecule has 0 aliphatic rings. The van der Waals surface area contributed by atoms with Crippen LogP contribution in [0.1, 0.15) is 11.8 Å². The van der Waals surface area contributed by atoms with Gasteiger partial charge in [-0.2, -0.15) is 0 Å². The molecule has 1 aromatic heterocycles. The smallest absolute Gasteiger partial charge is 0.133 e. The zero-order valence-corrected chi connectivity index (χ0v) is 14.8. The number of rotatable bonds is 5. The van der Waals surface area contributed by atoms with Crippen LogP contribution in [0.2, 0.25) is 0 Å². The van der Waals surface area contributed by atoms with Gasteiger partial charge in [-0.1, -0.05) is 22.9 Å². The molecule has 0 saturated heterocycles. The molecule has 102 valence electrons. The van der Waals surface area contributed by atoms with Gasteiger partial charge in [0.15, 0.2) is 0 Å². The molecular weight excluding hydrogens is 390 g/mol. The summed E-state index contributed by atoms with van der Waals surface area (Å²) in [5, 5.41) is 3.34. The highest BCUT2D eigenvalue weighted by Gasteiger charge is 2.11. The number of benzene rings is 1. The predicted molar refractivity (Wildman–Crippen MR) is 89.1 cm³/mol. The minimum absolute atomic E-state index is 0.847. The Morgan fingerprint density at radius 2 is 2.00 bits per heavy atom. The Morgan fingerprint density at radius 3 is 2.68 bits per heavy atom. The largest absolute Gasteiger partial charge is 0.496 e. The minimum Gasteiger partial charge on any atom is -0.496 e. The minimum atomic E-state index is 0.847. The maximum atomic E-state index is 5.36. The van der Waals surface area contributed by atoms with Crippen LogP contribution in [-0.4, -0.2) is 13.7 Å². The van der Waals surface area contributed by atoms with E-state index >= 15 is 0 Å². The molecule has 0 aliphatic carbocycles. The third kappa shape index (κ3) is 3.60. The SMILES string of the molecule is CCNCc1ccc(-c2cc(OC)c(Br)cc2Br)s1. The van der Waals surface area contributed by atoms with Crippen LogP contribution in [0.15, 0.2) is 33.2 Å². The molecule has 2 rings (SSSR count). The first kappa shape index (κ1) is 15.0. The molecule has 0 spiro atoms. The van der Waals surface area contributed by atoms with E-state index in [2.05, 4.69) is 62.3 Å². The van der Waals surface area contributed by atoms with Crippen LogP contribution < -0.4 is 10.1 Å². The van der Waals surface area contributed by atoms with Crippen LogP contribution in [-0.2, 0) is 6.54 Å². The second-order valence-corrected chi connectivity index (χ2v) is 6.89. The van der Waals surface area contributed by atoms with Gasteiger partial charge in [0.2, 0.25) is 0 Å². The highest BCUT2D eigenvalue weighted by molar-refractivity contribution is 9.11. The first-order chi connectivity index (χ1) is 9.15. The van der Waals surface area contributed by atoms with Crippen molar-refractivity contribution >= 4 is 43.2 Å². The van der Waals surface area contributed by atoms with Crippen LogP contribution in [0, 0.1) is 0 Å². The van der Waals surface area contributed by atoms with Crippen LogP contribution in [0.4, 0.5) is 0 Å². The Hall–Kier alpha value is -0.360. The van der Waals surface area contributed by atoms with Crippen molar-refractivity contribution in [2.45, 2.75) is 13.5 Å². The van der Waals surface area contributed by atoms with E-state index in [0.717, 1.165) is 33.3 Å². The average Bonchev–Trinajstić information content (AvgIpc) is 2.85. The van der Waals surface area contributed by atoms with Gasteiger partial charge < -0.3 is 10.1 Å². The maximum absolute atomic E-state index is 5.36. The van der Waals surface area contributed by atoms with Gasteiger partial charge >= 0.3 is 0 Å². The van der Waals surface area contributed by atoms with E-state index in [1.54, 1.807) is 18.4 Å². The Morgan fingerprint density at radius 1 is 1.21 bits per heavy atom. The molecule has 0 unspecified atom stereocenters. The Bertz CT molecular complexity index is 569. The molecule has 0 aliphatic heterocycles. The molecule has 1 heterocycles. The standard InChI is InChI=1S/C14H15Br2NOS/c1-3-17-8-9-4-5-14(19-9)10-6-13(18-2)12(16)7-11(10)15/h4-7,17H,3,8H2,1-2H3. The third-order valence-corrected chi connectivity index (χ3v) is 5.11. The molecule has 5 heteroatoms. The lowest BCUT2D eigenvalue weighted by molar-refractivity contribution is 0.412. The van der Waals surface area contributed by atoms with Crippen molar-refractivity contribution in [3.8, 4) is 16.2 Å². The molecule has 2 aromatic rings. The molecule has 0 atom stereocenters. The zero-order chi connectivity index (χ0) is 13.8. The summed E-state index contributed by atoms with van der Waals surface area (Å²) in [6.45, 7) is 4.03. The van der Waals surface area contributed by atoms with Crippen LogP contribution in [0.25, 0.3) is 10.4 Å². The van der Waals surface area contributed by atoms with E-state index < -0.39 is 0 Å². The Balaban J connectivity index is 2.33. The van der Waals surface area contributed by atoms with Crippen LogP contribution in [0.5, 0.6) is 5.75 Å². The van der Waals surface area contributed by atoms with Crippen molar-refractivity contribution in [1.82, 2.24) is 5.32 Å². The summed E-state index contributed by atoms with van der Waals surface area (Å²) in [4.78, 5) is 2.58. The first-order valence-electron chi connectivity index (χ1n) is 5.98. The maximum Gasteiger partial charge on any atom is 0.133 e. The van der Waals surface area contributed by atoms with Crippen molar-refractivity contribution in [1.29, 1.82) is 0 Å². The normalized spacial score (nSPS) is 10.7. The van der Waals surface area contributed by atoms with E-state index in [9.17, 15) is 0 Å². The first-order valence-corrected chi connectivity index (χ1v) is 8.38. The van der Waals surface area contributed by atoms with Crippen molar-refractivity contribution in [2.75, 3.05) is 13.7 Å². The van der Waals surface area contributed by atoms with Gasteiger partial charge in [0.05, 0.1) is 11.6 Å². The fourth-order valence-electron chi connectivity index (χ4n) is 1.74. The van der Waals surface area contributed by atoms with E-state index in [1.165, 1.54) is 9.75 Å². The van der Waals surface area contributed by atoms with Gasteiger partial charge in [-0.25, -0.2) is 0 Å². The van der Waals surface area contributed by atoms with Gasteiger partial charge in [-0.05, 0) is 46.7 Å². The van der Waals surface area contributed by atoms with Crippen molar-refractivity contribution in [3.63, 3.8) is 0 Å². The van der Waals surface area contributed by atoms with Gasteiger partial charge in [0, 0.05) is 26.3 Å². The van der Waals surface area contributed by atoms with Crippen molar-refractivity contribution in [2.24, 2.45) is 0 Å². The molecule has 0 radical (unpaired) electrons. The lowest BCUT2D eigenvalue weighted by Crippen LogP contribution is -2.10. The Labute approximate surface area is 134 Å². The molecule has 0 amide bonds. The lowest BCUT2D eigenvalue weighted by atomic mass is 10.2. The van der Waals surface area contributed by atoms with E-state index in [4.69, 9.17) is 4.74 Å². The molecule has 19 heavy (non-hydrogen) atoms. The summed E-state index contributed by atoms with van der Waals surface area (Å²) >= 11 is 8.91. The molecule has 1 N–H and O–H groups in total. The van der Waals surface area contributed by atoms with Crippen LogP contribution >= 0.6 is 43.2 Å². The van der Waals surface area contributed by atoms with Gasteiger partial charge in [-0.3, -0.25) is 0 Å². The summed E-state index contributed by atoms with van der Waals surface area (Å²) in [5.74, 6) is 0.847. The fourth-order valence-corrected chi connectivity index (χ4v) is 4.25. The number of methoxy groups -OCH3 is 1. The van der Waals surface area contributed by atoms with Gasteiger partial charge in [-0.15, -0.1) is 11.3 Å². The summed E-state index contributed by atoms with van der Waals surface area (Å²) in [6, 6.07) is 8.41. The summed E-state index contributed by atoms with van der Waals surface area (Å²) in [7, 11) is 1.68. The number of halogens is 2. The molecular formula is C14H15Br2NOS. The highest BCUT2D eigenvalue weighted by Crippen LogP contribution is 2.39. The summed E-state index contributed by atoms with van der Waals surface area (Å²) < 4.78 is 7.38. The molecule has 0 saturated carbocycles. The van der Waals surface area contributed by atoms with E-state index in [0.29, 0.717) is 0 Å². The number of hydrogen-bond donors (Lipinski definition) is 1. The lowest BCUT2D eigenvalue weighted by Gasteiger charge is -2.08. The van der Waals surface area contributed by atoms with Crippen LogP contribution in [0.3, 0.4) is 0 Å². The van der Waals surface area contributed by atoms with Gasteiger partial charge in [0.25, 0.3) is 0 Å². The molecule has 0 bridgehead atoms. The number of thiophene rings is 1. The van der Waals surface area contributed by atoms with E-state index in [-0.39, 0.29) is 0 Å². The number of hydrogen-bond acceptors (Lipinski definition) is 3. The number of ether oxygens (including phenoxy) is 1. The van der Waals surface area contributed by atoms with Crippen molar-refractivity contribution < 1.29 is 4.74 Å². The third-order valence-electron chi connectivity index (χ3n) is 2.72. The Kier molecular flexibility index (Phi) is 5.45. The van der Waals surface area contributed by atoms with Gasteiger partial charge in [0.1, 0.15) is 5.75 Å². The fraction of sp³-hybridized carbons (Fsp3) is 0.286. The zero-order valence-electron chi connectivity index (χ0n) is 10.8. The number of nitrogens with one attached hydrogen (secondary N) is 1. The highest BCUT2D eigenvalue weighted by atomic mass is 79.9. The molecule has 0 fully saturated rings. The second-order valence-electron chi connectivity index (χ2n) is 4.01. The molecule has 2 nitrogen and oxygen atoms in total. The average molecular weight is 405 g/mol. The molecule has 1 aromatic carbocycles. The van der Waals surface area contributed by atoms with E-state index in [1.807, 2.05) is 6.07 Å². The summed E-state index contributed by atoms with van der Waals surface area (Å²) in [6.07, 6.45) is 0. The second kappa shape index (κ2) is 6.88. The summed E-state index contributed by atoms with van der Waals surface area (Å²) in [5.41, 5.74) is 1.16. The topological polar surface area (TPSA) is 21.3 Å². The quantitative estimate of drug-likeness (QED) is 0.751. The predicted octanol–water partition coefficient (Wildman–Crippen LogP) is 5.06.